The highest BCUT2D eigenvalue weighted by molar-refractivity contribution is 5.80. The van der Waals surface area contributed by atoms with Gasteiger partial charge in [-0.25, -0.2) is 0 Å². The Balaban J connectivity index is 1.87. The minimum Gasteiger partial charge on any atom is -0.481 e. The monoisotopic (exact) mass is 202 g/mol. The molecule has 0 aromatic heterocycles. The Morgan fingerprint density at radius 1 is 1.33 bits per heavy atom. The third kappa shape index (κ3) is 0.969. The zero-order valence-corrected chi connectivity index (χ0v) is 8.79. The molecule has 3 fully saturated rings. The summed E-state index contributed by atoms with van der Waals surface area (Å²) < 4.78 is 0. The molecule has 1 aromatic rings. The fraction of sp³-hybridized carbons (Fsp3) is 0.462. The lowest BCUT2D eigenvalue weighted by molar-refractivity contribution is -0.194. The lowest BCUT2D eigenvalue weighted by Gasteiger charge is -2.68. The summed E-state index contributed by atoms with van der Waals surface area (Å²) in [4.78, 5) is 11.0. The maximum atomic E-state index is 11.0. The van der Waals surface area contributed by atoms with Gasteiger partial charge in [-0.3, -0.25) is 4.79 Å². The molecule has 3 aliphatic carbocycles. The average Bonchev–Trinajstić information content (AvgIpc) is 1.97. The zero-order valence-electron chi connectivity index (χ0n) is 8.79. The third-order valence-corrected chi connectivity index (χ3v) is 4.11. The van der Waals surface area contributed by atoms with Crippen LogP contribution in [0, 0.1) is 12.3 Å². The van der Waals surface area contributed by atoms with Crippen molar-refractivity contribution in [1.29, 1.82) is 0 Å². The van der Waals surface area contributed by atoms with Crippen LogP contribution in [0.3, 0.4) is 0 Å². The Hall–Kier alpha value is -1.31. The van der Waals surface area contributed by atoms with Crippen LogP contribution >= 0.6 is 0 Å². The van der Waals surface area contributed by atoms with Gasteiger partial charge in [0, 0.05) is 0 Å². The quantitative estimate of drug-likeness (QED) is 0.800. The van der Waals surface area contributed by atoms with E-state index >= 15 is 0 Å². The van der Waals surface area contributed by atoms with E-state index in [0.717, 1.165) is 19.3 Å². The first-order chi connectivity index (χ1) is 7.06. The topological polar surface area (TPSA) is 37.3 Å². The van der Waals surface area contributed by atoms with E-state index in [4.69, 9.17) is 5.11 Å². The number of carboxylic acids is 1. The molecule has 0 saturated heterocycles. The van der Waals surface area contributed by atoms with Crippen molar-refractivity contribution in [3.05, 3.63) is 35.4 Å². The smallest absolute Gasteiger partial charge is 0.309 e. The van der Waals surface area contributed by atoms with Crippen molar-refractivity contribution in [2.24, 2.45) is 5.41 Å². The summed E-state index contributed by atoms with van der Waals surface area (Å²) in [7, 11) is 0. The maximum absolute atomic E-state index is 11.0. The van der Waals surface area contributed by atoms with E-state index in [0.29, 0.717) is 0 Å². The van der Waals surface area contributed by atoms with Gasteiger partial charge in [0.2, 0.25) is 0 Å². The van der Waals surface area contributed by atoms with E-state index in [1.807, 2.05) is 0 Å². The predicted octanol–water partition coefficient (Wildman–Crippen LogP) is 2.50. The highest BCUT2D eigenvalue weighted by Crippen LogP contribution is 2.73. The number of hydrogen-bond donors (Lipinski definition) is 1. The van der Waals surface area contributed by atoms with Crippen molar-refractivity contribution >= 4 is 5.97 Å². The minimum absolute atomic E-state index is 0.213. The molecule has 3 saturated carbocycles. The average molecular weight is 202 g/mol. The SMILES string of the molecule is Cc1cccc(C23CC(C(=O)O)(C2)C3)c1. The molecule has 2 bridgehead atoms. The summed E-state index contributed by atoms with van der Waals surface area (Å²) in [5, 5.41) is 9.05. The minimum atomic E-state index is -0.600. The first-order valence-corrected chi connectivity index (χ1v) is 5.37. The van der Waals surface area contributed by atoms with Crippen LogP contribution in [-0.2, 0) is 10.2 Å². The lowest BCUT2D eigenvalue weighted by Crippen LogP contribution is -2.67. The normalized spacial score (nSPS) is 36.6. The largest absolute Gasteiger partial charge is 0.481 e. The van der Waals surface area contributed by atoms with Gasteiger partial charge in [0.15, 0.2) is 0 Å². The van der Waals surface area contributed by atoms with Crippen molar-refractivity contribution in [3.63, 3.8) is 0 Å². The number of aliphatic carboxylic acids is 1. The zero-order chi connectivity index (χ0) is 10.7. The van der Waals surface area contributed by atoms with Crippen LogP contribution in [0.15, 0.2) is 24.3 Å². The predicted molar refractivity (Wildman–Crippen MR) is 56.8 cm³/mol. The molecule has 0 unspecified atom stereocenters. The lowest BCUT2D eigenvalue weighted by atomic mass is 9.33. The van der Waals surface area contributed by atoms with E-state index in [1.54, 1.807) is 0 Å². The number of carbonyl (C=O) groups is 1. The highest BCUT2D eigenvalue weighted by Gasteiger charge is 2.72. The van der Waals surface area contributed by atoms with Crippen molar-refractivity contribution in [2.45, 2.75) is 31.6 Å². The molecule has 0 radical (unpaired) electrons. The molecule has 2 nitrogen and oxygen atoms in total. The molecule has 0 heterocycles. The molecule has 0 aliphatic heterocycles. The van der Waals surface area contributed by atoms with Crippen LogP contribution in [-0.4, -0.2) is 11.1 Å². The second-order valence-electron chi connectivity index (χ2n) is 5.27. The van der Waals surface area contributed by atoms with Crippen LogP contribution in [0.25, 0.3) is 0 Å². The molecule has 1 aromatic carbocycles. The fourth-order valence-electron chi connectivity index (χ4n) is 3.30. The first-order valence-electron chi connectivity index (χ1n) is 5.37. The number of hydrogen-bond acceptors (Lipinski definition) is 1. The molecular weight excluding hydrogens is 188 g/mol. The van der Waals surface area contributed by atoms with Gasteiger partial charge in [-0.2, -0.15) is 0 Å². The molecule has 0 spiro atoms. The summed E-state index contributed by atoms with van der Waals surface area (Å²) in [6.07, 6.45) is 2.54. The van der Waals surface area contributed by atoms with E-state index < -0.39 is 5.97 Å². The van der Waals surface area contributed by atoms with Crippen LogP contribution in [0.1, 0.15) is 30.4 Å². The summed E-state index contributed by atoms with van der Waals surface area (Å²) >= 11 is 0. The van der Waals surface area contributed by atoms with Crippen molar-refractivity contribution < 1.29 is 9.90 Å². The molecule has 4 rings (SSSR count). The van der Waals surface area contributed by atoms with Gasteiger partial charge in [-0.1, -0.05) is 29.8 Å². The second-order valence-corrected chi connectivity index (χ2v) is 5.27. The van der Waals surface area contributed by atoms with Gasteiger partial charge >= 0.3 is 5.97 Å². The number of rotatable bonds is 2. The summed E-state index contributed by atoms with van der Waals surface area (Å²) in [5.41, 5.74) is 2.46. The molecule has 0 amide bonds. The van der Waals surface area contributed by atoms with Crippen LogP contribution in [0.5, 0.6) is 0 Å². The Morgan fingerprint density at radius 3 is 2.53 bits per heavy atom. The molecule has 15 heavy (non-hydrogen) atoms. The second kappa shape index (κ2) is 2.43. The molecule has 2 heteroatoms. The van der Waals surface area contributed by atoms with Gasteiger partial charge in [0.25, 0.3) is 0 Å². The van der Waals surface area contributed by atoms with Gasteiger partial charge in [0.1, 0.15) is 0 Å². The van der Waals surface area contributed by atoms with Crippen LogP contribution in [0.2, 0.25) is 0 Å². The van der Waals surface area contributed by atoms with Crippen LogP contribution in [0.4, 0.5) is 0 Å². The summed E-state index contributed by atoms with van der Waals surface area (Å²) in [5.74, 6) is -0.600. The summed E-state index contributed by atoms with van der Waals surface area (Å²) in [6.45, 7) is 2.09. The van der Waals surface area contributed by atoms with Gasteiger partial charge < -0.3 is 5.11 Å². The van der Waals surface area contributed by atoms with Crippen molar-refractivity contribution in [3.8, 4) is 0 Å². The Bertz CT molecular complexity index is 428. The fourth-order valence-corrected chi connectivity index (χ4v) is 3.30. The Kier molecular flexibility index (Phi) is 1.45. The number of carboxylic acid groups (broad SMARTS) is 1. The maximum Gasteiger partial charge on any atom is 0.309 e. The van der Waals surface area contributed by atoms with Crippen molar-refractivity contribution in [1.82, 2.24) is 0 Å². The number of aryl methyl sites for hydroxylation is 1. The Labute approximate surface area is 88.9 Å². The highest BCUT2D eigenvalue weighted by atomic mass is 16.4. The van der Waals surface area contributed by atoms with E-state index in [-0.39, 0.29) is 10.8 Å². The molecular formula is C13H14O2. The molecule has 0 atom stereocenters. The standard InChI is InChI=1S/C13H14O2/c1-9-3-2-4-10(5-9)12-6-13(7-12,8-12)11(14)15/h2-5H,6-8H2,1H3,(H,14,15). The van der Waals surface area contributed by atoms with Crippen LogP contribution < -0.4 is 0 Å². The van der Waals surface area contributed by atoms with E-state index in [2.05, 4.69) is 31.2 Å². The van der Waals surface area contributed by atoms with Gasteiger partial charge in [-0.05, 0) is 37.2 Å². The first kappa shape index (κ1) is 8.96. The molecule has 78 valence electrons. The Morgan fingerprint density at radius 2 is 2.00 bits per heavy atom. The van der Waals surface area contributed by atoms with Gasteiger partial charge in [0.05, 0.1) is 5.41 Å². The summed E-state index contributed by atoms with van der Waals surface area (Å²) in [6, 6.07) is 8.49. The van der Waals surface area contributed by atoms with E-state index in [1.165, 1.54) is 11.1 Å². The van der Waals surface area contributed by atoms with E-state index in [9.17, 15) is 4.79 Å². The number of benzene rings is 1. The van der Waals surface area contributed by atoms with Crippen molar-refractivity contribution in [2.75, 3.05) is 0 Å². The molecule has 3 aliphatic rings. The molecule has 1 N–H and O–H groups in total. The third-order valence-electron chi connectivity index (χ3n) is 4.11. The van der Waals surface area contributed by atoms with Gasteiger partial charge in [-0.15, -0.1) is 0 Å².